The van der Waals surface area contributed by atoms with Crippen molar-refractivity contribution in [3.05, 3.63) is 101 Å². The fourth-order valence-electron chi connectivity index (χ4n) is 10.5. The predicted molar refractivity (Wildman–Crippen MR) is 283 cm³/mol. The number of methoxy groups -OCH3 is 1. The molecule has 3 atom stereocenters. The Morgan fingerprint density at radius 3 is 2.18 bits per heavy atom. The maximum absolute atomic E-state index is 17.0. The molecule has 4 fully saturated rings. The first kappa shape index (κ1) is 54.2. The maximum atomic E-state index is 17.0. The average molecular weight is 1100 g/mol. The molecule has 3 aromatic carbocycles. The van der Waals surface area contributed by atoms with Crippen LogP contribution < -0.4 is 24.2 Å². The lowest BCUT2D eigenvalue weighted by Crippen LogP contribution is -2.63. The zero-order chi connectivity index (χ0) is 55.7. The molecular weight excluding hydrogens is 1040 g/mol. The number of piperazine rings is 1. The number of alkyl halides is 1. The van der Waals surface area contributed by atoms with Crippen LogP contribution >= 0.6 is 0 Å². The number of nitrogens with one attached hydrogen (secondary N) is 1. The van der Waals surface area contributed by atoms with Crippen LogP contribution in [0.2, 0.25) is 0 Å². The molecule has 4 amide bonds. The molecule has 0 spiro atoms. The van der Waals surface area contributed by atoms with E-state index in [1.807, 2.05) is 36.4 Å². The van der Waals surface area contributed by atoms with Crippen molar-refractivity contribution in [2.45, 2.75) is 96.8 Å². The van der Waals surface area contributed by atoms with Crippen LogP contribution in [0, 0.1) is 11.6 Å². The van der Waals surface area contributed by atoms with Gasteiger partial charge in [-0.15, -0.1) is 4.31 Å². The van der Waals surface area contributed by atoms with E-state index in [2.05, 4.69) is 25.0 Å². The topological polar surface area (TPSA) is 202 Å². The number of halogens is 3. The molecule has 1 N–H and O–H groups in total. The van der Waals surface area contributed by atoms with Gasteiger partial charge >= 0.3 is 12.2 Å². The summed E-state index contributed by atoms with van der Waals surface area (Å²) >= 11 is -2.56. The number of hydrogen-bond donors (Lipinski definition) is 1. The van der Waals surface area contributed by atoms with Crippen molar-refractivity contribution in [2.75, 3.05) is 73.6 Å². The molecular formula is C55H60F3N9O10S. The second-order valence-electron chi connectivity index (χ2n) is 22.1. The largest absolute Gasteiger partial charge is 0.573 e. The molecule has 412 valence electrons. The van der Waals surface area contributed by atoms with E-state index < -0.39 is 81.7 Å². The molecule has 3 unspecified atom stereocenters. The molecule has 10 rings (SSSR count). The molecule has 19 nitrogen and oxygen atoms in total. The van der Waals surface area contributed by atoms with Crippen LogP contribution in [-0.2, 0) is 37.2 Å². The minimum atomic E-state index is -2.56. The summed E-state index contributed by atoms with van der Waals surface area (Å²) in [7, 11) is 1.52. The summed E-state index contributed by atoms with van der Waals surface area (Å²) in [6, 6.07) is 14.4. The van der Waals surface area contributed by atoms with Crippen molar-refractivity contribution >= 4 is 75.3 Å². The first-order valence-corrected chi connectivity index (χ1v) is 26.8. The van der Waals surface area contributed by atoms with Crippen LogP contribution in [0.4, 0.5) is 39.8 Å². The summed E-state index contributed by atoms with van der Waals surface area (Å²) in [5.41, 5.74) is -0.0326. The fraction of sp³-hybridized carbons (Fsp3) is 0.436. The van der Waals surface area contributed by atoms with Gasteiger partial charge in [0.15, 0.2) is 17.4 Å². The van der Waals surface area contributed by atoms with Gasteiger partial charge in [0.1, 0.15) is 46.3 Å². The highest BCUT2D eigenvalue weighted by Crippen LogP contribution is 2.40. The smallest absolute Gasteiger partial charge is 0.458 e. The van der Waals surface area contributed by atoms with Crippen LogP contribution in [0.5, 0.6) is 5.75 Å². The number of pyridine rings is 1. The van der Waals surface area contributed by atoms with Gasteiger partial charge in [0.05, 0.1) is 30.3 Å². The SMILES string of the molecule is COc1cc(N2CC(N3CCN(c4ccc(-c5cnc6c(c5)c(C(=O)c5c(F)ccc(N(C(=O)OC(C)(C)C)[S+]([O-])N7CCC(F)C7)c5F)cn6C(=O)OC(C)(C)C)cc4)CC3)C2)cc2c1C(=O)N(C1CCC(=O)NC1=O)C2. The molecule has 0 radical (unpaired) electrons. The number of nitrogens with zero attached hydrogens (tertiary/aromatic N) is 8. The van der Waals surface area contributed by atoms with Crippen LogP contribution in [0.3, 0.4) is 0 Å². The Morgan fingerprint density at radius 2 is 1.54 bits per heavy atom. The Bertz CT molecular complexity index is 3240. The van der Waals surface area contributed by atoms with Gasteiger partial charge in [-0.05, 0) is 102 Å². The molecule has 5 aliphatic rings. The Kier molecular flexibility index (Phi) is 14.5. The first-order chi connectivity index (χ1) is 37.0. The normalized spacial score (nSPS) is 19.9. The minimum absolute atomic E-state index is 0.00624. The van der Waals surface area contributed by atoms with Crippen molar-refractivity contribution in [3.8, 4) is 16.9 Å². The molecule has 23 heteroatoms. The number of aromatic nitrogens is 2. The number of carbonyl (C=O) groups excluding carboxylic acids is 6. The molecule has 2 aromatic heterocycles. The highest BCUT2D eigenvalue weighted by molar-refractivity contribution is 7.91. The third kappa shape index (κ3) is 10.6. The second-order valence-corrected chi connectivity index (χ2v) is 23.4. The summed E-state index contributed by atoms with van der Waals surface area (Å²) in [6.45, 7) is 14.1. The van der Waals surface area contributed by atoms with Crippen molar-refractivity contribution in [2.24, 2.45) is 0 Å². The summed E-state index contributed by atoms with van der Waals surface area (Å²) in [5, 5.41) is 2.40. The summed E-state index contributed by atoms with van der Waals surface area (Å²) in [5.74, 6) is -4.71. The van der Waals surface area contributed by atoms with Crippen LogP contribution in [-0.4, -0.2) is 153 Å². The summed E-state index contributed by atoms with van der Waals surface area (Å²) in [6.07, 6.45) is -0.502. The Morgan fingerprint density at radius 1 is 0.833 bits per heavy atom. The lowest BCUT2D eigenvalue weighted by atomic mass is 9.99. The van der Waals surface area contributed by atoms with E-state index in [0.717, 1.165) is 83.4 Å². The second kappa shape index (κ2) is 20.9. The predicted octanol–water partition coefficient (Wildman–Crippen LogP) is 7.14. The number of rotatable bonds is 11. The third-order valence-corrected chi connectivity index (χ3v) is 15.9. The van der Waals surface area contributed by atoms with Gasteiger partial charge < -0.3 is 33.5 Å². The van der Waals surface area contributed by atoms with Crippen molar-refractivity contribution in [1.82, 2.24) is 29.0 Å². The number of carbonyl (C=O) groups is 6. The van der Waals surface area contributed by atoms with E-state index in [4.69, 9.17) is 14.2 Å². The third-order valence-electron chi connectivity index (χ3n) is 14.4. The van der Waals surface area contributed by atoms with Gasteiger partial charge in [-0.1, -0.05) is 16.4 Å². The van der Waals surface area contributed by atoms with Gasteiger partial charge in [-0.25, -0.2) is 32.3 Å². The van der Waals surface area contributed by atoms with E-state index >= 15 is 8.78 Å². The van der Waals surface area contributed by atoms with Gasteiger partial charge in [0.2, 0.25) is 17.6 Å². The highest BCUT2D eigenvalue weighted by Gasteiger charge is 2.45. The number of benzene rings is 3. The lowest BCUT2D eigenvalue weighted by molar-refractivity contribution is -0.136. The van der Waals surface area contributed by atoms with Crippen molar-refractivity contribution in [3.63, 3.8) is 0 Å². The number of anilines is 3. The monoisotopic (exact) mass is 1100 g/mol. The standard InChI is InChI=1S/C55H60F3N9O10S/c1-54(2,3)76-52(72)66-30-39(48(69)46-40(57)12-13-41(47(46)58)67(53(73)77-55(4,5)6)78(74)64-17-16-34(56)27-64)38-23-32(25-59-49(38)66)31-8-10-35(11-9-31)61-18-20-62(21-19-61)37-28-63(29-37)36-22-33-26-65(42-14-15-44(68)60-50(42)70)51(71)45(33)43(24-36)75-7/h8-13,22-25,30,34,37,42H,14-21,26-29H2,1-7H3,(H,60,68,70). The number of hydrogen-bond acceptors (Lipinski definition) is 15. The molecule has 5 aromatic rings. The zero-order valence-electron chi connectivity index (χ0n) is 44.3. The molecule has 5 aliphatic heterocycles. The minimum Gasteiger partial charge on any atom is -0.573 e. The molecule has 0 saturated carbocycles. The van der Waals surface area contributed by atoms with Crippen molar-refractivity contribution in [1.29, 1.82) is 0 Å². The van der Waals surface area contributed by atoms with Gasteiger partial charge in [-0.2, -0.15) is 0 Å². The Balaban J connectivity index is 0.849. The lowest BCUT2D eigenvalue weighted by Gasteiger charge is -2.49. The number of piperidine rings is 1. The maximum Gasteiger partial charge on any atom is 0.458 e. The number of ether oxygens (including phenoxy) is 3. The van der Waals surface area contributed by atoms with E-state index in [-0.39, 0.29) is 67.3 Å². The van der Waals surface area contributed by atoms with Crippen molar-refractivity contribution < 1.29 is 60.7 Å². The average Bonchev–Trinajstić information content (AvgIpc) is 4.22. The summed E-state index contributed by atoms with van der Waals surface area (Å²) < 4.78 is 80.5. The Hall–Kier alpha value is -7.21. The van der Waals surface area contributed by atoms with Gasteiger partial charge in [0.25, 0.3) is 5.91 Å². The molecule has 0 bridgehead atoms. The van der Waals surface area contributed by atoms with E-state index in [0.29, 0.717) is 32.8 Å². The van der Waals surface area contributed by atoms with Crippen LogP contribution in [0.15, 0.2) is 67.0 Å². The Labute approximate surface area is 451 Å². The molecule has 78 heavy (non-hydrogen) atoms. The number of fused-ring (bicyclic) bond motifs is 2. The quantitative estimate of drug-likeness (QED) is 0.0794. The number of ketones is 1. The van der Waals surface area contributed by atoms with E-state index in [9.17, 15) is 37.7 Å². The highest BCUT2D eigenvalue weighted by atomic mass is 32.2. The van der Waals surface area contributed by atoms with Crippen LogP contribution in [0.1, 0.15) is 92.6 Å². The molecule has 0 aliphatic carbocycles. The first-order valence-electron chi connectivity index (χ1n) is 25.8. The fourth-order valence-corrected chi connectivity index (χ4v) is 11.8. The molecule has 7 heterocycles. The number of amides is 4. The molecule has 4 saturated heterocycles. The van der Waals surface area contributed by atoms with Gasteiger partial charge in [-0.3, -0.25) is 29.4 Å². The van der Waals surface area contributed by atoms with E-state index in [1.54, 1.807) is 26.8 Å². The van der Waals surface area contributed by atoms with Gasteiger partial charge in [0, 0.05) is 106 Å². The van der Waals surface area contributed by atoms with E-state index in [1.165, 1.54) is 39.0 Å². The number of imide groups is 1. The van der Waals surface area contributed by atoms with Crippen LogP contribution in [0.25, 0.3) is 22.2 Å². The summed E-state index contributed by atoms with van der Waals surface area (Å²) in [4.78, 5) is 92.9. The zero-order valence-corrected chi connectivity index (χ0v) is 45.1.